The zero-order valence-corrected chi connectivity index (χ0v) is 7.51. The maximum absolute atomic E-state index is 11.2. The molecule has 4 heteroatoms. The molecule has 1 saturated heterocycles. The quantitative estimate of drug-likeness (QED) is 0.444. The van der Waals surface area contributed by atoms with Gasteiger partial charge in [0, 0.05) is 12.0 Å². The third-order valence-electron chi connectivity index (χ3n) is 2.20. The van der Waals surface area contributed by atoms with Crippen molar-refractivity contribution in [2.24, 2.45) is 11.3 Å². The smallest absolute Gasteiger partial charge is 0.318 e. The molecule has 1 unspecified atom stereocenters. The Bertz CT molecular complexity index is 222. The van der Waals surface area contributed by atoms with E-state index in [1.54, 1.807) is 0 Å². The topological polar surface area (TPSA) is 55.4 Å². The van der Waals surface area contributed by atoms with Crippen LogP contribution >= 0.6 is 0 Å². The monoisotopic (exact) mass is 171 g/mol. The second-order valence-electron chi connectivity index (χ2n) is 3.66. The van der Waals surface area contributed by atoms with Gasteiger partial charge in [0.05, 0.1) is 7.11 Å². The Kier molecular flexibility index (Phi) is 2.08. The maximum atomic E-state index is 11.2. The summed E-state index contributed by atoms with van der Waals surface area (Å²) in [4.78, 5) is 22.3. The highest BCUT2D eigenvalue weighted by Crippen LogP contribution is 2.31. The molecule has 0 aromatic carbocycles. The SMILES string of the molecule is COC(=O)C1C(=O)NCC1(C)C. The van der Waals surface area contributed by atoms with Crippen molar-refractivity contribution in [3.05, 3.63) is 0 Å². The van der Waals surface area contributed by atoms with Crippen LogP contribution in [0.3, 0.4) is 0 Å². The highest BCUT2D eigenvalue weighted by atomic mass is 16.5. The molecule has 0 bridgehead atoms. The van der Waals surface area contributed by atoms with Crippen molar-refractivity contribution in [3.63, 3.8) is 0 Å². The molecule has 1 aliphatic rings. The summed E-state index contributed by atoms with van der Waals surface area (Å²) < 4.78 is 4.54. The zero-order chi connectivity index (χ0) is 9.35. The average Bonchev–Trinajstić information content (AvgIpc) is 2.25. The Balaban J connectivity index is 2.85. The summed E-state index contributed by atoms with van der Waals surface area (Å²) in [6.07, 6.45) is 0. The maximum Gasteiger partial charge on any atom is 0.318 e. The van der Waals surface area contributed by atoms with Crippen molar-refractivity contribution >= 4 is 11.9 Å². The molecule has 1 atom stereocenters. The van der Waals surface area contributed by atoms with E-state index in [1.165, 1.54) is 7.11 Å². The molecule has 68 valence electrons. The van der Waals surface area contributed by atoms with Gasteiger partial charge in [-0.1, -0.05) is 13.8 Å². The minimum atomic E-state index is -0.650. The van der Waals surface area contributed by atoms with Crippen LogP contribution in [0.2, 0.25) is 0 Å². The van der Waals surface area contributed by atoms with Crippen molar-refractivity contribution in [3.8, 4) is 0 Å². The molecule has 0 saturated carbocycles. The largest absolute Gasteiger partial charge is 0.468 e. The molecule has 0 radical (unpaired) electrons. The molecule has 0 aromatic heterocycles. The Labute approximate surface area is 71.3 Å². The van der Waals surface area contributed by atoms with Gasteiger partial charge >= 0.3 is 5.97 Å². The summed E-state index contributed by atoms with van der Waals surface area (Å²) in [5.41, 5.74) is -0.329. The molecule has 1 heterocycles. The predicted octanol–water partition coefficient (Wildman–Crippen LogP) is -0.0684. The number of ether oxygens (including phenoxy) is 1. The molecular weight excluding hydrogens is 158 g/mol. The van der Waals surface area contributed by atoms with E-state index in [0.29, 0.717) is 6.54 Å². The molecule has 0 aliphatic carbocycles. The standard InChI is InChI=1S/C8H13NO3/c1-8(2)4-9-6(10)5(8)7(11)12-3/h5H,4H2,1-3H3,(H,9,10). The zero-order valence-electron chi connectivity index (χ0n) is 7.51. The molecule has 1 rings (SSSR count). The van der Waals surface area contributed by atoms with Crippen molar-refractivity contribution in [2.75, 3.05) is 13.7 Å². The third-order valence-corrected chi connectivity index (χ3v) is 2.20. The lowest BCUT2D eigenvalue weighted by molar-refractivity contribution is -0.151. The second-order valence-corrected chi connectivity index (χ2v) is 3.66. The molecule has 1 aliphatic heterocycles. The van der Waals surface area contributed by atoms with Gasteiger partial charge in [-0.05, 0) is 0 Å². The van der Waals surface area contributed by atoms with Gasteiger partial charge in [-0.3, -0.25) is 9.59 Å². The number of esters is 1. The van der Waals surface area contributed by atoms with Gasteiger partial charge in [-0.2, -0.15) is 0 Å². The highest BCUT2D eigenvalue weighted by Gasteiger charge is 2.46. The number of nitrogens with one attached hydrogen (secondary N) is 1. The van der Waals surface area contributed by atoms with E-state index in [9.17, 15) is 9.59 Å². The Morgan fingerprint density at radius 1 is 1.67 bits per heavy atom. The normalized spacial score (nSPS) is 26.6. The predicted molar refractivity (Wildman–Crippen MR) is 42.3 cm³/mol. The lowest BCUT2D eigenvalue weighted by atomic mass is 9.82. The van der Waals surface area contributed by atoms with E-state index < -0.39 is 11.9 Å². The summed E-state index contributed by atoms with van der Waals surface area (Å²) in [5.74, 6) is -1.33. The minimum absolute atomic E-state index is 0.230. The molecule has 0 aromatic rings. The summed E-state index contributed by atoms with van der Waals surface area (Å²) in [7, 11) is 1.30. The van der Waals surface area contributed by atoms with Crippen molar-refractivity contribution < 1.29 is 14.3 Å². The number of hydrogen-bond acceptors (Lipinski definition) is 3. The summed E-state index contributed by atoms with van der Waals surface area (Å²) in [6.45, 7) is 4.27. The fourth-order valence-electron chi connectivity index (χ4n) is 1.42. The first-order chi connectivity index (χ1) is 5.49. The first-order valence-corrected chi connectivity index (χ1v) is 3.84. The first-order valence-electron chi connectivity index (χ1n) is 3.84. The van der Waals surface area contributed by atoms with Crippen LogP contribution < -0.4 is 5.32 Å². The van der Waals surface area contributed by atoms with Crippen molar-refractivity contribution in [2.45, 2.75) is 13.8 Å². The third kappa shape index (κ3) is 1.29. The minimum Gasteiger partial charge on any atom is -0.468 e. The lowest BCUT2D eigenvalue weighted by Gasteiger charge is -2.20. The lowest BCUT2D eigenvalue weighted by Crippen LogP contribution is -2.33. The molecule has 1 amide bonds. The van der Waals surface area contributed by atoms with Gasteiger partial charge in [-0.15, -0.1) is 0 Å². The van der Waals surface area contributed by atoms with Gasteiger partial charge < -0.3 is 10.1 Å². The average molecular weight is 171 g/mol. The number of rotatable bonds is 1. The van der Waals surface area contributed by atoms with Crippen LogP contribution in [0.15, 0.2) is 0 Å². The summed E-state index contributed by atoms with van der Waals surface area (Å²) in [5, 5.41) is 2.64. The van der Waals surface area contributed by atoms with Gasteiger partial charge in [-0.25, -0.2) is 0 Å². The highest BCUT2D eigenvalue weighted by molar-refractivity contribution is 6.00. The number of amides is 1. The van der Waals surface area contributed by atoms with E-state index in [1.807, 2.05) is 13.8 Å². The molecule has 12 heavy (non-hydrogen) atoms. The fraction of sp³-hybridized carbons (Fsp3) is 0.750. The van der Waals surface area contributed by atoms with Gasteiger partial charge in [0.1, 0.15) is 5.92 Å². The van der Waals surface area contributed by atoms with E-state index in [4.69, 9.17) is 0 Å². The second kappa shape index (κ2) is 2.77. The molecule has 4 nitrogen and oxygen atoms in total. The van der Waals surface area contributed by atoms with Crippen molar-refractivity contribution in [1.29, 1.82) is 0 Å². The van der Waals surface area contributed by atoms with Crippen LogP contribution in [0.4, 0.5) is 0 Å². The molecule has 1 fully saturated rings. The van der Waals surface area contributed by atoms with E-state index in [-0.39, 0.29) is 11.3 Å². The first kappa shape index (κ1) is 9.03. The van der Waals surface area contributed by atoms with E-state index in [2.05, 4.69) is 10.1 Å². The van der Waals surface area contributed by atoms with Crippen LogP contribution in [0.1, 0.15) is 13.8 Å². The van der Waals surface area contributed by atoms with Crippen molar-refractivity contribution in [1.82, 2.24) is 5.32 Å². The molecule has 0 spiro atoms. The summed E-state index contributed by atoms with van der Waals surface area (Å²) >= 11 is 0. The van der Waals surface area contributed by atoms with E-state index >= 15 is 0 Å². The number of carbonyl (C=O) groups is 2. The van der Waals surface area contributed by atoms with Gasteiger partial charge in [0.25, 0.3) is 0 Å². The summed E-state index contributed by atoms with van der Waals surface area (Å²) in [6, 6.07) is 0. The van der Waals surface area contributed by atoms with Gasteiger partial charge in [0.2, 0.25) is 5.91 Å². The van der Waals surface area contributed by atoms with Crippen LogP contribution in [0.25, 0.3) is 0 Å². The van der Waals surface area contributed by atoms with Gasteiger partial charge in [0.15, 0.2) is 0 Å². The number of methoxy groups -OCH3 is 1. The van der Waals surface area contributed by atoms with Crippen LogP contribution in [0.5, 0.6) is 0 Å². The van der Waals surface area contributed by atoms with E-state index in [0.717, 1.165) is 0 Å². The molecule has 1 N–H and O–H groups in total. The fourth-order valence-corrected chi connectivity index (χ4v) is 1.42. The Hall–Kier alpha value is -1.06. The number of hydrogen-bond donors (Lipinski definition) is 1. The Morgan fingerprint density at radius 3 is 2.58 bits per heavy atom. The van der Waals surface area contributed by atoms with Crippen LogP contribution in [-0.4, -0.2) is 25.5 Å². The van der Waals surface area contributed by atoms with Crippen LogP contribution in [0, 0.1) is 11.3 Å². The number of carbonyl (C=O) groups excluding carboxylic acids is 2. The Morgan fingerprint density at radius 2 is 2.25 bits per heavy atom. The van der Waals surface area contributed by atoms with Crippen LogP contribution in [-0.2, 0) is 14.3 Å². The molecular formula is C8H13NO3.